The number of aryl methyl sites for hydroxylation is 1. The zero-order valence-corrected chi connectivity index (χ0v) is 14.0. The largest absolute Gasteiger partial charge is 0.374 e. The Kier molecular flexibility index (Phi) is 4.63. The van der Waals surface area contributed by atoms with Crippen LogP contribution < -0.4 is 11.1 Å². The molecule has 1 aromatic carbocycles. The SMILES string of the molecule is Cc1nc(CC(=O)N[C@@H](c2ccccc2)c2nnc(N)s2)cs1. The van der Waals surface area contributed by atoms with Gasteiger partial charge in [-0.05, 0) is 12.5 Å². The molecule has 0 spiro atoms. The Morgan fingerprint density at radius 1 is 1.30 bits per heavy atom. The van der Waals surface area contributed by atoms with Crippen LogP contribution in [0.3, 0.4) is 0 Å². The van der Waals surface area contributed by atoms with Crippen molar-refractivity contribution >= 4 is 33.7 Å². The van der Waals surface area contributed by atoms with Crippen LogP contribution in [0.1, 0.15) is 27.3 Å². The smallest absolute Gasteiger partial charge is 0.226 e. The molecule has 1 atom stereocenters. The summed E-state index contributed by atoms with van der Waals surface area (Å²) in [5.74, 6) is -0.113. The number of amides is 1. The monoisotopic (exact) mass is 345 g/mol. The van der Waals surface area contributed by atoms with E-state index < -0.39 is 0 Å². The summed E-state index contributed by atoms with van der Waals surface area (Å²) >= 11 is 2.80. The van der Waals surface area contributed by atoms with E-state index in [2.05, 4.69) is 20.5 Å². The Hall–Kier alpha value is -2.32. The first kappa shape index (κ1) is 15.6. The minimum absolute atomic E-state index is 0.113. The zero-order chi connectivity index (χ0) is 16.2. The number of nitrogen functional groups attached to an aromatic ring is 1. The lowest BCUT2D eigenvalue weighted by atomic mass is 10.1. The topological polar surface area (TPSA) is 93.8 Å². The number of nitrogens with zero attached hydrogens (tertiary/aromatic N) is 3. The van der Waals surface area contributed by atoms with E-state index in [0.29, 0.717) is 10.1 Å². The fraction of sp³-hybridized carbons (Fsp3) is 0.200. The highest BCUT2D eigenvalue weighted by Gasteiger charge is 2.21. The van der Waals surface area contributed by atoms with E-state index in [1.165, 1.54) is 22.7 Å². The van der Waals surface area contributed by atoms with Crippen molar-refractivity contribution in [3.05, 3.63) is 57.0 Å². The summed E-state index contributed by atoms with van der Waals surface area (Å²) in [5.41, 5.74) is 7.38. The Labute approximate surface area is 141 Å². The van der Waals surface area contributed by atoms with E-state index in [1.807, 2.05) is 42.6 Å². The van der Waals surface area contributed by atoms with Gasteiger partial charge in [-0.3, -0.25) is 4.79 Å². The van der Waals surface area contributed by atoms with E-state index in [1.54, 1.807) is 0 Å². The fourth-order valence-corrected chi connectivity index (χ4v) is 3.47. The minimum atomic E-state index is -0.363. The van der Waals surface area contributed by atoms with Crippen molar-refractivity contribution in [3.8, 4) is 0 Å². The number of carbonyl (C=O) groups is 1. The number of benzene rings is 1. The van der Waals surface area contributed by atoms with Gasteiger partial charge < -0.3 is 11.1 Å². The maximum atomic E-state index is 12.4. The summed E-state index contributed by atoms with van der Waals surface area (Å²) < 4.78 is 0. The third kappa shape index (κ3) is 3.91. The van der Waals surface area contributed by atoms with Gasteiger partial charge in [-0.1, -0.05) is 41.7 Å². The Morgan fingerprint density at radius 2 is 2.09 bits per heavy atom. The first-order chi connectivity index (χ1) is 11.1. The third-order valence-corrected chi connectivity index (χ3v) is 4.79. The highest BCUT2D eigenvalue weighted by Crippen LogP contribution is 2.26. The molecule has 0 aliphatic carbocycles. The van der Waals surface area contributed by atoms with Gasteiger partial charge in [0.15, 0.2) is 0 Å². The molecule has 0 saturated carbocycles. The van der Waals surface area contributed by atoms with Crippen LogP contribution in [0.2, 0.25) is 0 Å². The van der Waals surface area contributed by atoms with Crippen LogP contribution in [-0.4, -0.2) is 21.1 Å². The van der Waals surface area contributed by atoms with Crippen molar-refractivity contribution in [1.29, 1.82) is 0 Å². The molecule has 0 fully saturated rings. The molecular weight excluding hydrogens is 330 g/mol. The van der Waals surface area contributed by atoms with E-state index in [4.69, 9.17) is 5.73 Å². The van der Waals surface area contributed by atoms with Gasteiger partial charge >= 0.3 is 0 Å². The average molecular weight is 345 g/mol. The molecular formula is C15H15N5OS2. The summed E-state index contributed by atoms with van der Waals surface area (Å²) in [7, 11) is 0. The summed E-state index contributed by atoms with van der Waals surface area (Å²) in [5, 5.41) is 14.8. The van der Waals surface area contributed by atoms with Gasteiger partial charge in [0.2, 0.25) is 11.0 Å². The van der Waals surface area contributed by atoms with Crippen molar-refractivity contribution in [2.45, 2.75) is 19.4 Å². The normalized spacial score (nSPS) is 12.0. The van der Waals surface area contributed by atoms with Crippen LogP contribution in [0, 0.1) is 6.92 Å². The molecule has 0 bridgehead atoms. The number of hydrogen-bond donors (Lipinski definition) is 2. The third-order valence-electron chi connectivity index (χ3n) is 3.15. The average Bonchev–Trinajstić information content (AvgIpc) is 3.14. The Balaban J connectivity index is 1.80. The van der Waals surface area contributed by atoms with E-state index in [0.717, 1.165) is 16.3 Å². The Bertz CT molecular complexity index is 799. The second-order valence-corrected chi connectivity index (χ2v) is 7.03. The van der Waals surface area contributed by atoms with Gasteiger partial charge in [-0.15, -0.1) is 21.5 Å². The molecule has 0 saturated heterocycles. The molecule has 0 aliphatic heterocycles. The number of carbonyl (C=O) groups excluding carboxylic acids is 1. The van der Waals surface area contributed by atoms with Gasteiger partial charge in [0.25, 0.3) is 0 Å². The zero-order valence-electron chi connectivity index (χ0n) is 12.4. The molecule has 3 rings (SSSR count). The number of hydrogen-bond acceptors (Lipinski definition) is 7. The van der Waals surface area contributed by atoms with Gasteiger partial charge in [0.05, 0.1) is 17.1 Å². The molecule has 8 heteroatoms. The predicted molar refractivity (Wildman–Crippen MR) is 91.3 cm³/mol. The minimum Gasteiger partial charge on any atom is -0.374 e. The number of thiazole rings is 1. The second kappa shape index (κ2) is 6.84. The number of nitrogens with one attached hydrogen (secondary N) is 1. The molecule has 2 heterocycles. The van der Waals surface area contributed by atoms with E-state index in [-0.39, 0.29) is 18.4 Å². The van der Waals surface area contributed by atoms with Gasteiger partial charge in [-0.25, -0.2) is 4.98 Å². The van der Waals surface area contributed by atoms with Crippen molar-refractivity contribution in [2.75, 3.05) is 5.73 Å². The fourth-order valence-electron chi connectivity index (χ4n) is 2.16. The van der Waals surface area contributed by atoms with E-state index in [9.17, 15) is 4.79 Å². The lowest BCUT2D eigenvalue weighted by molar-refractivity contribution is -0.121. The first-order valence-corrected chi connectivity index (χ1v) is 8.65. The molecule has 1 amide bonds. The number of nitrogens with two attached hydrogens (primary N) is 1. The summed E-state index contributed by atoms with van der Waals surface area (Å²) in [6, 6.07) is 9.28. The van der Waals surface area contributed by atoms with Crippen LogP contribution in [0.25, 0.3) is 0 Å². The van der Waals surface area contributed by atoms with E-state index >= 15 is 0 Å². The molecule has 0 unspecified atom stereocenters. The van der Waals surface area contributed by atoms with Crippen molar-refractivity contribution in [2.24, 2.45) is 0 Å². The lowest BCUT2D eigenvalue weighted by Gasteiger charge is -2.16. The quantitative estimate of drug-likeness (QED) is 0.740. The standard InChI is InChI=1S/C15H15N5OS2/c1-9-17-11(8-22-9)7-12(21)18-13(10-5-3-2-4-6-10)14-19-20-15(16)23-14/h2-6,8,13H,7H2,1H3,(H2,16,20)(H,18,21)/t13-/m0/s1. The molecule has 0 radical (unpaired) electrons. The lowest BCUT2D eigenvalue weighted by Crippen LogP contribution is -2.30. The summed E-state index contributed by atoms with van der Waals surface area (Å²) in [6.07, 6.45) is 0.238. The Morgan fingerprint density at radius 3 is 2.70 bits per heavy atom. The van der Waals surface area contributed by atoms with Crippen LogP contribution >= 0.6 is 22.7 Å². The predicted octanol–water partition coefficient (Wildman–Crippen LogP) is 2.33. The van der Waals surface area contributed by atoms with Gasteiger partial charge in [0, 0.05) is 5.38 Å². The molecule has 23 heavy (non-hydrogen) atoms. The second-order valence-electron chi connectivity index (χ2n) is 4.92. The van der Waals surface area contributed by atoms with Crippen LogP contribution in [0.4, 0.5) is 5.13 Å². The number of anilines is 1. The molecule has 0 aliphatic rings. The molecule has 118 valence electrons. The van der Waals surface area contributed by atoms with Crippen LogP contribution in [0.5, 0.6) is 0 Å². The van der Waals surface area contributed by atoms with Crippen molar-refractivity contribution in [1.82, 2.24) is 20.5 Å². The van der Waals surface area contributed by atoms with Crippen LogP contribution in [-0.2, 0) is 11.2 Å². The van der Waals surface area contributed by atoms with Crippen molar-refractivity contribution in [3.63, 3.8) is 0 Å². The molecule has 3 aromatic rings. The first-order valence-electron chi connectivity index (χ1n) is 6.96. The highest BCUT2D eigenvalue weighted by molar-refractivity contribution is 7.15. The molecule has 6 nitrogen and oxygen atoms in total. The molecule has 3 N–H and O–H groups in total. The highest BCUT2D eigenvalue weighted by atomic mass is 32.1. The maximum absolute atomic E-state index is 12.4. The summed E-state index contributed by atoms with van der Waals surface area (Å²) in [6.45, 7) is 1.92. The number of aromatic nitrogens is 3. The van der Waals surface area contributed by atoms with Gasteiger partial charge in [0.1, 0.15) is 11.0 Å². The van der Waals surface area contributed by atoms with Crippen molar-refractivity contribution < 1.29 is 4.79 Å². The maximum Gasteiger partial charge on any atom is 0.226 e. The van der Waals surface area contributed by atoms with Gasteiger partial charge in [-0.2, -0.15) is 0 Å². The van der Waals surface area contributed by atoms with Crippen LogP contribution in [0.15, 0.2) is 35.7 Å². The summed E-state index contributed by atoms with van der Waals surface area (Å²) in [4.78, 5) is 16.7. The molecule has 2 aromatic heterocycles. The number of rotatable bonds is 5.